The molecule has 1 aromatic carbocycles. The zero-order valence-corrected chi connectivity index (χ0v) is 11.3. The Balaban J connectivity index is 2.33. The smallest absolute Gasteiger partial charge is 0.191 e. The summed E-state index contributed by atoms with van der Waals surface area (Å²) in [6, 6.07) is 7.30. The molecule has 3 N–H and O–H groups in total. The highest BCUT2D eigenvalue weighted by molar-refractivity contribution is 5.77. The van der Waals surface area contributed by atoms with Gasteiger partial charge in [-0.3, -0.25) is 4.99 Å². The summed E-state index contributed by atoms with van der Waals surface area (Å²) in [5.41, 5.74) is 7.09. The highest BCUT2D eigenvalue weighted by atomic mass is 16.3. The van der Waals surface area contributed by atoms with Crippen LogP contribution in [-0.4, -0.2) is 35.6 Å². The Morgan fingerprint density at radius 2 is 1.83 bits per heavy atom. The lowest BCUT2D eigenvalue weighted by atomic mass is 10.1. The third-order valence-electron chi connectivity index (χ3n) is 2.92. The quantitative estimate of drug-likeness (QED) is 0.460. The number of rotatable bonds is 6. The van der Waals surface area contributed by atoms with Gasteiger partial charge < -0.3 is 15.7 Å². The number of phenols is 1. The average Bonchev–Trinajstić information content (AvgIpc) is 2.38. The summed E-state index contributed by atoms with van der Waals surface area (Å²) in [6.07, 6.45) is 1.92. The number of hydrogen-bond donors (Lipinski definition) is 2. The van der Waals surface area contributed by atoms with Crippen molar-refractivity contribution in [3.63, 3.8) is 0 Å². The summed E-state index contributed by atoms with van der Waals surface area (Å²) in [6.45, 7) is 6.67. The third-order valence-corrected chi connectivity index (χ3v) is 2.92. The van der Waals surface area contributed by atoms with Gasteiger partial charge in [0, 0.05) is 19.6 Å². The fourth-order valence-corrected chi connectivity index (χ4v) is 1.79. The van der Waals surface area contributed by atoms with Crippen LogP contribution in [0.3, 0.4) is 0 Å². The molecule has 0 unspecified atom stereocenters. The minimum absolute atomic E-state index is 0.308. The molecule has 4 nitrogen and oxygen atoms in total. The van der Waals surface area contributed by atoms with E-state index in [9.17, 15) is 5.11 Å². The van der Waals surface area contributed by atoms with Crippen molar-refractivity contribution in [2.24, 2.45) is 10.7 Å². The average molecular weight is 249 g/mol. The summed E-state index contributed by atoms with van der Waals surface area (Å²) in [5, 5.41) is 9.17. The first kappa shape index (κ1) is 14.4. The van der Waals surface area contributed by atoms with Crippen LogP contribution in [0.2, 0.25) is 0 Å². The highest BCUT2D eigenvalue weighted by Crippen LogP contribution is 2.10. The number of aliphatic imine (C=N–C) groups is 1. The Morgan fingerprint density at radius 1 is 1.22 bits per heavy atom. The van der Waals surface area contributed by atoms with Crippen molar-refractivity contribution >= 4 is 5.96 Å². The Labute approximate surface area is 109 Å². The fraction of sp³-hybridized carbons (Fsp3) is 0.500. The lowest BCUT2D eigenvalue weighted by molar-refractivity contribution is 0.458. The van der Waals surface area contributed by atoms with Crippen molar-refractivity contribution in [1.29, 1.82) is 0 Å². The molecular formula is C14H23N3O. The topological polar surface area (TPSA) is 61.8 Å². The molecular weight excluding hydrogens is 226 g/mol. The highest BCUT2D eigenvalue weighted by Gasteiger charge is 2.01. The molecule has 1 rings (SSSR count). The number of benzene rings is 1. The first-order valence-electron chi connectivity index (χ1n) is 6.50. The Bertz CT molecular complexity index is 369. The summed E-state index contributed by atoms with van der Waals surface area (Å²) in [7, 11) is 0. The minimum atomic E-state index is 0.308. The van der Waals surface area contributed by atoms with Gasteiger partial charge in [-0.05, 0) is 44.4 Å². The van der Waals surface area contributed by atoms with Crippen LogP contribution in [-0.2, 0) is 6.42 Å². The van der Waals surface area contributed by atoms with Crippen LogP contribution in [0.1, 0.15) is 25.8 Å². The molecule has 0 aromatic heterocycles. The molecule has 0 aliphatic rings. The van der Waals surface area contributed by atoms with Crippen LogP contribution in [0.4, 0.5) is 0 Å². The van der Waals surface area contributed by atoms with Crippen LogP contribution in [0, 0.1) is 0 Å². The second-order valence-electron chi connectivity index (χ2n) is 4.18. The van der Waals surface area contributed by atoms with Crippen molar-refractivity contribution in [1.82, 2.24) is 4.90 Å². The normalized spacial score (nSPS) is 11.6. The maximum Gasteiger partial charge on any atom is 0.191 e. The molecule has 4 heteroatoms. The number of hydrogen-bond acceptors (Lipinski definition) is 2. The zero-order chi connectivity index (χ0) is 13.4. The number of nitrogens with zero attached hydrogens (tertiary/aromatic N) is 2. The number of guanidine groups is 1. The van der Waals surface area contributed by atoms with E-state index in [1.54, 1.807) is 12.1 Å². The zero-order valence-electron chi connectivity index (χ0n) is 11.3. The van der Waals surface area contributed by atoms with Crippen molar-refractivity contribution < 1.29 is 5.11 Å². The predicted molar refractivity (Wildman–Crippen MR) is 75.8 cm³/mol. The molecule has 0 spiro atoms. The van der Waals surface area contributed by atoms with Gasteiger partial charge in [-0.25, -0.2) is 0 Å². The predicted octanol–water partition coefficient (Wildman–Crippen LogP) is 1.98. The number of aromatic hydroxyl groups is 1. The molecule has 0 amide bonds. The van der Waals surface area contributed by atoms with E-state index in [4.69, 9.17) is 5.73 Å². The van der Waals surface area contributed by atoms with E-state index in [1.807, 2.05) is 17.0 Å². The Hall–Kier alpha value is -1.71. The number of nitrogens with two attached hydrogens (primary N) is 1. The molecule has 18 heavy (non-hydrogen) atoms. The van der Waals surface area contributed by atoms with Gasteiger partial charge in [0.25, 0.3) is 0 Å². The van der Waals surface area contributed by atoms with Crippen LogP contribution in [0.5, 0.6) is 5.75 Å². The summed E-state index contributed by atoms with van der Waals surface area (Å²) in [4.78, 5) is 6.41. The van der Waals surface area contributed by atoms with Crippen LogP contribution < -0.4 is 5.73 Å². The molecule has 1 aromatic rings. The molecule has 0 fully saturated rings. The number of phenolic OH excluding ortho intramolecular Hbond substituents is 1. The van der Waals surface area contributed by atoms with Crippen molar-refractivity contribution in [2.75, 3.05) is 19.6 Å². The largest absolute Gasteiger partial charge is 0.508 e. The van der Waals surface area contributed by atoms with E-state index in [0.29, 0.717) is 11.7 Å². The van der Waals surface area contributed by atoms with E-state index < -0.39 is 0 Å². The molecule has 0 atom stereocenters. The van der Waals surface area contributed by atoms with Gasteiger partial charge in [0.05, 0.1) is 0 Å². The maximum atomic E-state index is 9.17. The fourth-order valence-electron chi connectivity index (χ4n) is 1.79. The van der Waals surface area contributed by atoms with E-state index in [0.717, 1.165) is 32.5 Å². The molecule has 0 heterocycles. The molecule has 0 saturated heterocycles. The molecule has 0 saturated carbocycles. The lowest BCUT2D eigenvalue weighted by Gasteiger charge is -2.19. The van der Waals surface area contributed by atoms with E-state index >= 15 is 0 Å². The minimum Gasteiger partial charge on any atom is -0.508 e. The van der Waals surface area contributed by atoms with Crippen LogP contribution >= 0.6 is 0 Å². The first-order valence-corrected chi connectivity index (χ1v) is 6.50. The first-order chi connectivity index (χ1) is 8.67. The third kappa shape index (κ3) is 4.65. The van der Waals surface area contributed by atoms with Gasteiger partial charge in [0.15, 0.2) is 5.96 Å². The van der Waals surface area contributed by atoms with E-state index in [1.165, 1.54) is 5.56 Å². The van der Waals surface area contributed by atoms with Gasteiger partial charge in [-0.15, -0.1) is 0 Å². The molecule has 0 aliphatic carbocycles. The van der Waals surface area contributed by atoms with Gasteiger partial charge >= 0.3 is 0 Å². The van der Waals surface area contributed by atoms with Crippen molar-refractivity contribution in [3.05, 3.63) is 29.8 Å². The molecule has 0 bridgehead atoms. The van der Waals surface area contributed by atoms with E-state index in [2.05, 4.69) is 18.8 Å². The molecule has 0 aliphatic heterocycles. The summed E-state index contributed by atoms with van der Waals surface area (Å²) in [5.74, 6) is 0.938. The molecule has 100 valence electrons. The van der Waals surface area contributed by atoms with E-state index in [-0.39, 0.29) is 0 Å². The molecule has 0 radical (unpaired) electrons. The van der Waals surface area contributed by atoms with Crippen molar-refractivity contribution in [2.45, 2.75) is 26.7 Å². The van der Waals surface area contributed by atoms with Gasteiger partial charge in [0.1, 0.15) is 5.75 Å². The number of aryl methyl sites for hydroxylation is 1. The summed E-state index contributed by atoms with van der Waals surface area (Å²) < 4.78 is 0. The summed E-state index contributed by atoms with van der Waals surface area (Å²) >= 11 is 0. The van der Waals surface area contributed by atoms with Crippen LogP contribution in [0.25, 0.3) is 0 Å². The lowest BCUT2D eigenvalue weighted by Crippen LogP contribution is -2.37. The van der Waals surface area contributed by atoms with Gasteiger partial charge in [-0.1, -0.05) is 12.1 Å². The van der Waals surface area contributed by atoms with Crippen molar-refractivity contribution in [3.8, 4) is 5.75 Å². The SMILES string of the molecule is CCN(CC)C(N)=NCCCc1ccc(O)cc1. The Morgan fingerprint density at radius 3 is 2.39 bits per heavy atom. The Kier molecular flexibility index (Phi) is 6.05. The second kappa shape index (κ2) is 7.58. The van der Waals surface area contributed by atoms with Gasteiger partial charge in [0.2, 0.25) is 0 Å². The standard InChI is InChI=1S/C14H23N3O/c1-3-17(4-2)14(15)16-11-5-6-12-7-9-13(18)10-8-12/h7-10,18H,3-6,11H2,1-2H3,(H2,15,16). The van der Waals surface area contributed by atoms with Gasteiger partial charge in [-0.2, -0.15) is 0 Å². The van der Waals surface area contributed by atoms with Crippen LogP contribution in [0.15, 0.2) is 29.3 Å². The monoisotopic (exact) mass is 249 g/mol. The maximum absolute atomic E-state index is 9.17. The second-order valence-corrected chi connectivity index (χ2v) is 4.18.